The molecular formula is C25H33ClN4O5. The monoisotopic (exact) mass is 504 g/mol. The lowest BCUT2D eigenvalue weighted by molar-refractivity contribution is 0.0840. The standard InChI is InChI=1S/C25H33ClN4O5/c1-33-18-5-3-4-17(12-18)22(35-25(28)32)8-11-30-9-6-16(7-10-30)15-29-24(31)19-13-20(26)21(27)14-23(19)34-2/h3-5,12-14,16,22H,6-11,15,27H2,1-2H3,(H2,28,32)(H,29,31). The first-order chi connectivity index (χ1) is 16.8. The fourth-order valence-corrected chi connectivity index (χ4v) is 4.40. The molecule has 5 N–H and O–H groups in total. The van der Waals surface area contributed by atoms with Crippen LogP contribution in [0.2, 0.25) is 5.02 Å². The number of piperidine rings is 1. The first-order valence-electron chi connectivity index (χ1n) is 11.5. The van der Waals surface area contributed by atoms with Gasteiger partial charge in [0, 0.05) is 25.6 Å². The van der Waals surface area contributed by atoms with Gasteiger partial charge in [-0.05, 0) is 55.6 Å². The van der Waals surface area contributed by atoms with E-state index in [-0.39, 0.29) is 5.91 Å². The van der Waals surface area contributed by atoms with Gasteiger partial charge in [0.05, 0.1) is 30.5 Å². The van der Waals surface area contributed by atoms with Gasteiger partial charge in [0.1, 0.15) is 17.6 Å². The Balaban J connectivity index is 1.48. The zero-order chi connectivity index (χ0) is 25.4. The maximum Gasteiger partial charge on any atom is 0.405 e. The van der Waals surface area contributed by atoms with E-state index in [1.807, 2.05) is 24.3 Å². The van der Waals surface area contributed by atoms with E-state index in [0.717, 1.165) is 38.0 Å². The summed E-state index contributed by atoms with van der Waals surface area (Å²) in [6.45, 7) is 3.10. The normalized spacial score (nSPS) is 15.3. The number of amides is 2. The zero-order valence-electron chi connectivity index (χ0n) is 20.1. The average Bonchev–Trinajstić information content (AvgIpc) is 2.86. The number of rotatable bonds is 10. The molecule has 190 valence electrons. The molecule has 1 aliphatic heterocycles. The second-order valence-electron chi connectivity index (χ2n) is 8.56. The maximum absolute atomic E-state index is 12.7. The summed E-state index contributed by atoms with van der Waals surface area (Å²) in [6.07, 6.45) is 1.27. The number of nitrogen functional groups attached to an aromatic ring is 1. The van der Waals surface area contributed by atoms with Gasteiger partial charge >= 0.3 is 6.09 Å². The predicted molar refractivity (Wildman–Crippen MR) is 135 cm³/mol. The molecule has 0 spiro atoms. The van der Waals surface area contributed by atoms with Crippen molar-refractivity contribution >= 4 is 29.3 Å². The quantitative estimate of drug-likeness (QED) is 0.421. The lowest BCUT2D eigenvalue weighted by atomic mass is 9.96. The highest BCUT2D eigenvalue weighted by Gasteiger charge is 2.23. The Kier molecular flexibility index (Phi) is 9.45. The molecule has 2 aromatic rings. The number of nitrogens with two attached hydrogens (primary N) is 2. The van der Waals surface area contributed by atoms with E-state index >= 15 is 0 Å². The van der Waals surface area contributed by atoms with Gasteiger partial charge in [-0.1, -0.05) is 23.7 Å². The molecule has 0 aromatic heterocycles. The second kappa shape index (κ2) is 12.5. The van der Waals surface area contributed by atoms with Crippen molar-refractivity contribution in [2.75, 3.05) is 46.1 Å². The van der Waals surface area contributed by atoms with Crippen molar-refractivity contribution < 1.29 is 23.8 Å². The lowest BCUT2D eigenvalue weighted by Crippen LogP contribution is -2.39. The van der Waals surface area contributed by atoms with Crippen LogP contribution in [0.4, 0.5) is 10.5 Å². The molecule has 1 aliphatic rings. The van der Waals surface area contributed by atoms with Gasteiger partial charge in [0.2, 0.25) is 0 Å². The third kappa shape index (κ3) is 7.40. The van der Waals surface area contributed by atoms with Crippen LogP contribution in [-0.2, 0) is 4.74 Å². The summed E-state index contributed by atoms with van der Waals surface area (Å²) in [5, 5.41) is 3.31. The van der Waals surface area contributed by atoms with Crippen LogP contribution in [0.25, 0.3) is 0 Å². The van der Waals surface area contributed by atoms with Gasteiger partial charge in [-0.15, -0.1) is 0 Å². The van der Waals surface area contributed by atoms with Crippen molar-refractivity contribution in [3.05, 3.63) is 52.5 Å². The minimum atomic E-state index is -0.800. The van der Waals surface area contributed by atoms with E-state index < -0.39 is 12.2 Å². The van der Waals surface area contributed by atoms with Gasteiger partial charge in [0.25, 0.3) is 5.91 Å². The molecule has 35 heavy (non-hydrogen) atoms. The van der Waals surface area contributed by atoms with Crippen LogP contribution in [-0.4, -0.2) is 57.3 Å². The molecule has 1 atom stereocenters. The summed E-state index contributed by atoms with van der Waals surface area (Å²) in [5.74, 6) is 1.21. The molecule has 1 unspecified atom stereocenters. The number of carbonyl (C=O) groups is 2. The molecule has 0 saturated carbocycles. The van der Waals surface area contributed by atoms with Crippen LogP contribution in [0.15, 0.2) is 36.4 Å². The fraction of sp³-hybridized carbons (Fsp3) is 0.440. The minimum absolute atomic E-state index is 0.240. The predicted octanol–water partition coefficient (Wildman–Crippen LogP) is 3.61. The number of hydrogen-bond acceptors (Lipinski definition) is 7. The van der Waals surface area contributed by atoms with E-state index in [0.29, 0.717) is 46.7 Å². The average molecular weight is 505 g/mol. The van der Waals surface area contributed by atoms with Crippen LogP contribution in [0.1, 0.15) is 41.3 Å². The van der Waals surface area contributed by atoms with Gasteiger partial charge in [0.15, 0.2) is 0 Å². The van der Waals surface area contributed by atoms with Crippen LogP contribution >= 0.6 is 11.6 Å². The highest BCUT2D eigenvalue weighted by Crippen LogP contribution is 2.29. The topological polar surface area (TPSA) is 129 Å². The smallest absolute Gasteiger partial charge is 0.405 e. The van der Waals surface area contributed by atoms with E-state index in [9.17, 15) is 9.59 Å². The minimum Gasteiger partial charge on any atom is -0.497 e. The van der Waals surface area contributed by atoms with Crippen molar-refractivity contribution in [1.82, 2.24) is 10.2 Å². The molecule has 1 fully saturated rings. The highest BCUT2D eigenvalue weighted by molar-refractivity contribution is 6.33. The third-order valence-electron chi connectivity index (χ3n) is 6.25. The van der Waals surface area contributed by atoms with Crippen LogP contribution in [0.3, 0.4) is 0 Å². The first kappa shape index (κ1) is 26.4. The summed E-state index contributed by atoms with van der Waals surface area (Å²) in [6, 6.07) is 10.5. The SMILES string of the molecule is COc1cccc(C(CCN2CCC(CNC(=O)c3cc(Cl)c(N)cc3OC)CC2)OC(N)=O)c1. The van der Waals surface area contributed by atoms with Crippen molar-refractivity contribution in [2.45, 2.75) is 25.4 Å². The van der Waals surface area contributed by atoms with E-state index in [4.69, 9.17) is 37.3 Å². The van der Waals surface area contributed by atoms with Gasteiger partial charge in [-0.3, -0.25) is 4.79 Å². The molecule has 0 aliphatic carbocycles. The first-order valence-corrected chi connectivity index (χ1v) is 11.9. The second-order valence-corrected chi connectivity index (χ2v) is 8.97. The molecule has 2 amide bonds. The Bertz CT molecular complexity index is 1030. The van der Waals surface area contributed by atoms with Crippen molar-refractivity contribution in [2.24, 2.45) is 11.7 Å². The van der Waals surface area contributed by atoms with Crippen molar-refractivity contribution in [3.8, 4) is 11.5 Å². The molecule has 9 nitrogen and oxygen atoms in total. The molecule has 1 saturated heterocycles. The van der Waals surface area contributed by atoms with Crippen LogP contribution in [0, 0.1) is 5.92 Å². The summed E-state index contributed by atoms with van der Waals surface area (Å²) in [4.78, 5) is 26.4. The number of nitrogens with one attached hydrogen (secondary N) is 1. The number of hydrogen-bond donors (Lipinski definition) is 3. The fourth-order valence-electron chi connectivity index (χ4n) is 4.24. The van der Waals surface area contributed by atoms with E-state index in [1.54, 1.807) is 13.2 Å². The Labute approximate surface area is 210 Å². The number of benzene rings is 2. The highest BCUT2D eigenvalue weighted by atomic mass is 35.5. The molecule has 1 heterocycles. The van der Waals surface area contributed by atoms with Crippen molar-refractivity contribution in [1.29, 1.82) is 0 Å². The van der Waals surface area contributed by atoms with Crippen LogP contribution < -0.4 is 26.3 Å². The van der Waals surface area contributed by atoms with Gasteiger partial charge < -0.3 is 35.9 Å². The number of methoxy groups -OCH3 is 2. The largest absolute Gasteiger partial charge is 0.497 e. The Morgan fingerprint density at radius 2 is 1.91 bits per heavy atom. The van der Waals surface area contributed by atoms with Gasteiger partial charge in [-0.25, -0.2) is 4.79 Å². The summed E-state index contributed by atoms with van der Waals surface area (Å²) < 4.78 is 15.9. The number of ether oxygens (including phenoxy) is 3. The Hall–Kier alpha value is -3.17. The lowest BCUT2D eigenvalue weighted by Gasteiger charge is -2.33. The summed E-state index contributed by atoms with van der Waals surface area (Å²) >= 11 is 6.08. The van der Waals surface area contributed by atoms with E-state index in [1.165, 1.54) is 13.2 Å². The number of carbonyl (C=O) groups excluding carboxylic acids is 2. The molecule has 3 rings (SSSR count). The summed E-state index contributed by atoms with van der Waals surface area (Å²) in [5.41, 5.74) is 12.7. The zero-order valence-corrected chi connectivity index (χ0v) is 20.8. The molecule has 0 radical (unpaired) electrons. The molecule has 10 heteroatoms. The number of likely N-dealkylation sites (tertiary alicyclic amines) is 1. The third-order valence-corrected chi connectivity index (χ3v) is 6.58. The van der Waals surface area contributed by atoms with Gasteiger partial charge in [-0.2, -0.15) is 0 Å². The molecule has 2 aromatic carbocycles. The number of primary amides is 1. The molecular weight excluding hydrogens is 472 g/mol. The maximum atomic E-state index is 12.7. The van der Waals surface area contributed by atoms with E-state index in [2.05, 4.69) is 10.2 Å². The molecule has 0 bridgehead atoms. The Morgan fingerprint density at radius 3 is 2.57 bits per heavy atom. The van der Waals surface area contributed by atoms with Crippen LogP contribution in [0.5, 0.6) is 11.5 Å². The number of halogens is 1. The van der Waals surface area contributed by atoms with Crippen molar-refractivity contribution in [3.63, 3.8) is 0 Å². The number of nitrogens with zero attached hydrogens (tertiary/aromatic N) is 1. The Morgan fingerprint density at radius 1 is 1.17 bits per heavy atom. The summed E-state index contributed by atoms with van der Waals surface area (Å²) in [7, 11) is 3.08. The number of anilines is 1.